The Bertz CT molecular complexity index is 359. The zero-order chi connectivity index (χ0) is 12.0. The van der Waals surface area contributed by atoms with Gasteiger partial charge in [0.25, 0.3) is 0 Å². The van der Waals surface area contributed by atoms with E-state index in [1.165, 1.54) is 5.56 Å². The first-order valence-electron chi connectivity index (χ1n) is 5.30. The molecule has 16 heavy (non-hydrogen) atoms. The van der Waals surface area contributed by atoms with Crippen molar-refractivity contribution in [2.45, 2.75) is 13.5 Å². The van der Waals surface area contributed by atoms with Crippen molar-refractivity contribution in [1.82, 2.24) is 4.90 Å². The van der Waals surface area contributed by atoms with Crippen molar-refractivity contribution < 1.29 is 9.90 Å². The molecule has 0 spiro atoms. The van der Waals surface area contributed by atoms with Crippen LogP contribution in [0, 0.1) is 0 Å². The second-order valence-corrected chi connectivity index (χ2v) is 3.70. The highest BCUT2D eigenvalue weighted by molar-refractivity contribution is 5.86. The number of benzene rings is 1. The molecule has 0 aliphatic heterocycles. The number of carboxylic acids is 1. The third-order valence-electron chi connectivity index (χ3n) is 2.41. The highest BCUT2D eigenvalue weighted by atomic mass is 16.4. The van der Waals surface area contributed by atoms with E-state index in [2.05, 4.69) is 6.58 Å². The van der Waals surface area contributed by atoms with E-state index in [0.29, 0.717) is 6.54 Å². The van der Waals surface area contributed by atoms with Crippen LogP contribution in [-0.4, -0.2) is 29.1 Å². The van der Waals surface area contributed by atoms with E-state index in [9.17, 15) is 4.79 Å². The highest BCUT2D eigenvalue weighted by Crippen LogP contribution is 2.06. The minimum absolute atomic E-state index is 0.234. The van der Waals surface area contributed by atoms with Crippen molar-refractivity contribution in [3.8, 4) is 0 Å². The lowest BCUT2D eigenvalue weighted by atomic mass is 10.2. The molecule has 0 atom stereocenters. The molecule has 86 valence electrons. The van der Waals surface area contributed by atoms with Gasteiger partial charge in [-0.15, -0.1) is 0 Å². The van der Waals surface area contributed by atoms with E-state index >= 15 is 0 Å². The Labute approximate surface area is 96.0 Å². The van der Waals surface area contributed by atoms with Crippen LogP contribution < -0.4 is 0 Å². The topological polar surface area (TPSA) is 40.5 Å². The van der Waals surface area contributed by atoms with Gasteiger partial charge in [-0.25, -0.2) is 4.79 Å². The number of hydrogen-bond donors (Lipinski definition) is 1. The molecule has 0 radical (unpaired) electrons. The van der Waals surface area contributed by atoms with Crippen LogP contribution in [0.1, 0.15) is 12.5 Å². The van der Waals surface area contributed by atoms with Crippen LogP contribution in [-0.2, 0) is 11.3 Å². The van der Waals surface area contributed by atoms with Gasteiger partial charge in [-0.05, 0) is 12.1 Å². The summed E-state index contributed by atoms with van der Waals surface area (Å²) >= 11 is 0. The van der Waals surface area contributed by atoms with Crippen molar-refractivity contribution in [3.63, 3.8) is 0 Å². The molecule has 1 rings (SSSR count). The third-order valence-corrected chi connectivity index (χ3v) is 2.41. The maximum absolute atomic E-state index is 10.7. The largest absolute Gasteiger partial charge is 0.478 e. The number of aliphatic carboxylic acids is 1. The molecule has 0 unspecified atom stereocenters. The fourth-order valence-electron chi connectivity index (χ4n) is 1.46. The van der Waals surface area contributed by atoms with Gasteiger partial charge in [0, 0.05) is 18.7 Å². The minimum Gasteiger partial charge on any atom is -0.478 e. The molecule has 0 amide bonds. The van der Waals surface area contributed by atoms with Crippen LogP contribution >= 0.6 is 0 Å². The van der Waals surface area contributed by atoms with E-state index in [-0.39, 0.29) is 5.57 Å². The maximum Gasteiger partial charge on any atom is 0.332 e. The molecule has 1 N–H and O–H groups in total. The molecule has 3 nitrogen and oxygen atoms in total. The number of rotatable bonds is 6. The molecule has 0 saturated heterocycles. The first-order chi connectivity index (χ1) is 7.63. The smallest absolute Gasteiger partial charge is 0.332 e. The fraction of sp³-hybridized carbons (Fsp3) is 0.308. The second-order valence-electron chi connectivity index (χ2n) is 3.70. The monoisotopic (exact) mass is 219 g/mol. The lowest BCUT2D eigenvalue weighted by molar-refractivity contribution is -0.132. The van der Waals surface area contributed by atoms with Gasteiger partial charge in [0.05, 0.1) is 0 Å². The zero-order valence-corrected chi connectivity index (χ0v) is 9.52. The van der Waals surface area contributed by atoms with Gasteiger partial charge in [-0.1, -0.05) is 43.8 Å². The normalized spacial score (nSPS) is 10.4. The van der Waals surface area contributed by atoms with E-state index in [1.54, 1.807) is 0 Å². The number of carboxylic acid groups (broad SMARTS) is 1. The number of nitrogens with zero attached hydrogens (tertiary/aromatic N) is 1. The van der Waals surface area contributed by atoms with Crippen molar-refractivity contribution in [2.75, 3.05) is 13.1 Å². The summed E-state index contributed by atoms with van der Waals surface area (Å²) in [5.74, 6) is -0.925. The first kappa shape index (κ1) is 12.5. The van der Waals surface area contributed by atoms with Crippen molar-refractivity contribution in [1.29, 1.82) is 0 Å². The zero-order valence-electron chi connectivity index (χ0n) is 9.52. The molecule has 1 aromatic carbocycles. The van der Waals surface area contributed by atoms with Gasteiger partial charge in [0.2, 0.25) is 0 Å². The van der Waals surface area contributed by atoms with Gasteiger partial charge in [-0.2, -0.15) is 0 Å². The van der Waals surface area contributed by atoms with E-state index in [1.807, 2.05) is 42.2 Å². The van der Waals surface area contributed by atoms with Crippen LogP contribution in [0.25, 0.3) is 0 Å². The average molecular weight is 219 g/mol. The Morgan fingerprint density at radius 3 is 2.50 bits per heavy atom. The number of likely N-dealkylation sites (N-methyl/N-ethyl adjacent to an activating group) is 1. The summed E-state index contributed by atoms with van der Waals surface area (Å²) in [4.78, 5) is 12.7. The van der Waals surface area contributed by atoms with Crippen LogP contribution in [0.5, 0.6) is 0 Å². The second kappa shape index (κ2) is 6.08. The molecule has 0 heterocycles. The lowest BCUT2D eigenvalue weighted by Crippen LogP contribution is -2.27. The van der Waals surface area contributed by atoms with Gasteiger partial charge < -0.3 is 5.11 Å². The Morgan fingerprint density at radius 2 is 2.00 bits per heavy atom. The Hall–Kier alpha value is -1.61. The summed E-state index contributed by atoms with van der Waals surface area (Å²) in [6, 6.07) is 10.00. The first-order valence-corrected chi connectivity index (χ1v) is 5.30. The quantitative estimate of drug-likeness (QED) is 0.745. The van der Waals surface area contributed by atoms with E-state index in [0.717, 1.165) is 13.1 Å². The molecule has 1 aromatic rings. The molecule has 0 aliphatic carbocycles. The van der Waals surface area contributed by atoms with Crippen LogP contribution in [0.4, 0.5) is 0 Å². The fourth-order valence-corrected chi connectivity index (χ4v) is 1.46. The molecule has 0 saturated carbocycles. The molecule has 3 heteroatoms. The predicted octanol–water partition coefficient (Wildman–Crippen LogP) is 2.15. The molecule has 0 bridgehead atoms. The third kappa shape index (κ3) is 3.87. The van der Waals surface area contributed by atoms with Gasteiger partial charge in [0.1, 0.15) is 0 Å². The Morgan fingerprint density at radius 1 is 1.38 bits per heavy atom. The molecular weight excluding hydrogens is 202 g/mol. The highest BCUT2D eigenvalue weighted by Gasteiger charge is 2.09. The average Bonchev–Trinajstić information content (AvgIpc) is 2.29. The molecule has 0 fully saturated rings. The summed E-state index contributed by atoms with van der Waals surface area (Å²) in [6.45, 7) is 7.52. The Kier molecular flexibility index (Phi) is 4.73. The molecular formula is C13H17NO2. The van der Waals surface area contributed by atoms with Gasteiger partial charge in [0.15, 0.2) is 0 Å². The van der Waals surface area contributed by atoms with Crippen molar-refractivity contribution in [3.05, 3.63) is 48.0 Å². The Balaban J connectivity index is 2.56. The SMILES string of the molecule is C=C(CN(CC)Cc1ccccc1)C(=O)O. The summed E-state index contributed by atoms with van der Waals surface area (Å²) in [5, 5.41) is 8.77. The summed E-state index contributed by atoms with van der Waals surface area (Å²) < 4.78 is 0. The van der Waals surface area contributed by atoms with Crippen LogP contribution in [0.3, 0.4) is 0 Å². The van der Waals surface area contributed by atoms with Crippen molar-refractivity contribution in [2.24, 2.45) is 0 Å². The summed E-state index contributed by atoms with van der Waals surface area (Å²) in [7, 11) is 0. The molecule has 0 aliphatic rings. The van der Waals surface area contributed by atoms with Gasteiger partial charge >= 0.3 is 5.97 Å². The van der Waals surface area contributed by atoms with E-state index in [4.69, 9.17) is 5.11 Å². The molecule has 0 aromatic heterocycles. The van der Waals surface area contributed by atoms with Crippen molar-refractivity contribution >= 4 is 5.97 Å². The van der Waals surface area contributed by atoms with Crippen LogP contribution in [0.2, 0.25) is 0 Å². The maximum atomic E-state index is 10.7. The lowest BCUT2D eigenvalue weighted by Gasteiger charge is -2.20. The van der Waals surface area contributed by atoms with E-state index < -0.39 is 5.97 Å². The summed E-state index contributed by atoms with van der Waals surface area (Å²) in [6.07, 6.45) is 0. The summed E-state index contributed by atoms with van der Waals surface area (Å²) in [5.41, 5.74) is 1.42. The van der Waals surface area contributed by atoms with Crippen LogP contribution in [0.15, 0.2) is 42.5 Å². The standard InChI is InChI=1S/C13H17NO2/c1-3-14(9-11(2)13(15)16)10-12-7-5-4-6-8-12/h4-8H,2-3,9-10H2,1H3,(H,15,16). The number of carbonyl (C=O) groups is 1. The number of hydrogen-bond acceptors (Lipinski definition) is 2. The predicted molar refractivity (Wildman–Crippen MR) is 64.2 cm³/mol. The van der Waals surface area contributed by atoms with Gasteiger partial charge in [-0.3, -0.25) is 4.90 Å². The minimum atomic E-state index is -0.925.